The number of aromatic amines is 1. The molecule has 8 nitrogen and oxygen atoms in total. The van der Waals surface area contributed by atoms with Crippen LogP contribution < -0.4 is 16.0 Å². The molecular formula is C12H13BrN2O6. The fourth-order valence-electron chi connectivity index (χ4n) is 3.03. The van der Waals surface area contributed by atoms with Gasteiger partial charge in [-0.25, -0.2) is 9.36 Å². The van der Waals surface area contributed by atoms with Crippen molar-refractivity contribution in [3.05, 3.63) is 25.3 Å². The monoisotopic (exact) mass is 360 g/mol. The lowest BCUT2D eigenvalue weighted by molar-refractivity contribution is -0.195. The van der Waals surface area contributed by atoms with E-state index >= 15 is 0 Å². The van der Waals surface area contributed by atoms with E-state index in [9.17, 15) is 9.59 Å². The van der Waals surface area contributed by atoms with E-state index in [-0.39, 0.29) is 29.2 Å². The van der Waals surface area contributed by atoms with Crippen molar-refractivity contribution >= 4 is 15.9 Å². The van der Waals surface area contributed by atoms with Crippen molar-refractivity contribution in [2.75, 3.05) is 6.61 Å². The van der Waals surface area contributed by atoms with Gasteiger partial charge in [0.05, 0.1) is 0 Å². The number of ether oxygens (including phenoxy) is 4. The first kappa shape index (κ1) is 13.5. The number of aromatic nitrogens is 2. The number of hydrogen-bond acceptors (Lipinski definition) is 6. The van der Waals surface area contributed by atoms with Crippen LogP contribution in [-0.4, -0.2) is 40.3 Å². The smallest absolute Gasteiger partial charge is 0.333 e. The van der Waals surface area contributed by atoms with Crippen LogP contribution >= 0.6 is 15.9 Å². The molecule has 4 atom stereocenters. The molecule has 0 unspecified atom stereocenters. The lowest BCUT2D eigenvalue weighted by atomic mass is 10.1. The van der Waals surface area contributed by atoms with Crippen LogP contribution in [0.25, 0.3) is 0 Å². The maximum Gasteiger partial charge on any atom is 0.333 e. The van der Waals surface area contributed by atoms with Gasteiger partial charge >= 0.3 is 5.69 Å². The summed E-state index contributed by atoms with van der Waals surface area (Å²) >= 11 is 3.15. The molecule has 9 heteroatoms. The van der Waals surface area contributed by atoms with Gasteiger partial charge in [-0.2, -0.15) is 0 Å². The molecule has 0 aliphatic carbocycles. The number of rotatable bonds is 0. The van der Waals surface area contributed by atoms with Gasteiger partial charge in [0, 0.05) is 0 Å². The quantitative estimate of drug-likeness (QED) is 0.705. The minimum absolute atomic E-state index is 0.156. The zero-order valence-corrected chi connectivity index (χ0v) is 12.9. The Labute approximate surface area is 127 Å². The van der Waals surface area contributed by atoms with Crippen LogP contribution in [0.5, 0.6) is 5.88 Å². The first-order valence-electron chi connectivity index (χ1n) is 6.55. The molecule has 1 N–H and O–H groups in total. The second kappa shape index (κ2) is 4.19. The summed E-state index contributed by atoms with van der Waals surface area (Å²) in [4.78, 5) is 26.1. The highest BCUT2D eigenvalue weighted by Crippen LogP contribution is 2.45. The lowest BCUT2D eigenvalue weighted by Crippen LogP contribution is -2.40. The Kier molecular flexibility index (Phi) is 2.69. The summed E-state index contributed by atoms with van der Waals surface area (Å²) in [6, 6.07) is 0. The number of nitrogens with zero attached hydrogens (tertiary/aromatic N) is 1. The molecular weight excluding hydrogens is 348 g/mol. The Balaban J connectivity index is 1.89. The number of hydrogen-bond donors (Lipinski definition) is 1. The zero-order chi connectivity index (χ0) is 14.9. The summed E-state index contributed by atoms with van der Waals surface area (Å²) in [5.74, 6) is -0.591. The van der Waals surface area contributed by atoms with Crippen LogP contribution in [0.3, 0.4) is 0 Å². The third-order valence-corrected chi connectivity index (χ3v) is 4.51. The Bertz CT molecular complexity index is 725. The molecule has 1 aromatic rings. The molecule has 0 saturated carbocycles. The van der Waals surface area contributed by atoms with Crippen molar-refractivity contribution < 1.29 is 18.9 Å². The summed E-state index contributed by atoms with van der Waals surface area (Å²) in [5.41, 5.74) is -1.14. The van der Waals surface area contributed by atoms with Gasteiger partial charge in [-0.15, -0.1) is 0 Å². The van der Waals surface area contributed by atoms with Crippen LogP contribution in [0.2, 0.25) is 0 Å². The van der Waals surface area contributed by atoms with Gasteiger partial charge in [-0.1, -0.05) is 0 Å². The number of fused-ring (bicyclic) bond motifs is 7. The number of halogens is 1. The summed E-state index contributed by atoms with van der Waals surface area (Å²) in [6.45, 7) is 3.80. The minimum atomic E-state index is -0.747. The maximum absolute atomic E-state index is 12.2. The van der Waals surface area contributed by atoms with Crippen molar-refractivity contribution in [2.24, 2.45) is 0 Å². The molecule has 2 fully saturated rings. The topological polar surface area (TPSA) is 91.8 Å². The molecule has 0 radical (unpaired) electrons. The molecule has 2 saturated heterocycles. The zero-order valence-electron chi connectivity index (χ0n) is 11.3. The lowest BCUT2D eigenvalue weighted by Gasteiger charge is -2.23. The molecule has 3 aliphatic rings. The van der Waals surface area contributed by atoms with E-state index in [4.69, 9.17) is 18.9 Å². The maximum atomic E-state index is 12.2. The van der Waals surface area contributed by atoms with Crippen LogP contribution in [0.1, 0.15) is 20.1 Å². The van der Waals surface area contributed by atoms with Crippen molar-refractivity contribution in [2.45, 2.75) is 44.2 Å². The number of H-pyrrole nitrogens is 1. The van der Waals surface area contributed by atoms with Gasteiger partial charge in [-0.3, -0.25) is 9.78 Å². The van der Waals surface area contributed by atoms with Crippen molar-refractivity contribution in [3.8, 4) is 5.88 Å². The van der Waals surface area contributed by atoms with Gasteiger partial charge in [-0.05, 0) is 29.8 Å². The molecule has 114 valence electrons. The second-order valence-electron chi connectivity index (χ2n) is 5.69. The molecule has 4 heterocycles. The Morgan fingerprint density at radius 1 is 1.29 bits per heavy atom. The van der Waals surface area contributed by atoms with E-state index in [2.05, 4.69) is 20.9 Å². The SMILES string of the molecule is CC1(C)O[C@@H]2[C@H](O1)[C@H]1COc3c(Br)c(=O)[nH]c(=O)n3[C@@H]2O1. The Morgan fingerprint density at radius 2 is 2.00 bits per heavy atom. The van der Waals surface area contributed by atoms with Crippen LogP contribution in [0.15, 0.2) is 14.1 Å². The molecule has 2 bridgehead atoms. The van der Waals surface area contributed by atoms with E-state index in [1.54, 1.807) is 0 Å². The fraction of sp³-hybridized carbons (Fsp3) is 0.667. The van der Waals surface area contributed by atoms with E-state index < -0.39 is 29.4 Å². The molecule has 3 aliphatic heterocycles. The summed E-state index contributed by atoms with van der Waals surface area (Å²) < 4.78 is 24.5. The largest absolute Gasteiger partial charge is 0.475 e. The van der Waals surface area contributed by atoms with Gasteiger partial charge in [0.15, 0.2) is 12.0 Å². The van der Waals surface area contributed by atoms with E-state index in [1.165, 1.54) is 4.57 Å². The van der Waals surface area contributed by atoms with E-state index in [0.29, 0.717) is 0 Å². The summed E-state index contributed by atoms with van der Waals surface area (Å²) in [7, 11) is 0. The third-order valence-electron chi connectivity index (χ3n) is 3.81. The highest BCUT2D eigenvalue weighted by Gasteiger charge is 2.58. The Morgan fingerprint density at radius 3 is 2.76 bits per heavy atom. The molecule has 0 aromatic carbocycles. The van der Waals surface area contributed by atoms with E-state index in [1.807, 2.05) is 13.8 Å². The summed E-state index contributed by atoms with van der Waals surface area (Å²) in [5, 5.41) is 0. The van der Waals surface area contributed by atoms with Crippen LogP contribution in [0.4, 0.5) is 0 Å². The highest BCUT2D eigenvalue weighted by molar-refractivity contribution is 9.10. The van der Waals surface area contributed by atoms with Gasteiger partial charge in [0.1, 0.15) is 29.4 Å². The van der Waals surface area contributed by atoms with Gasteiger partial charge in [0.25, 0.3) is 5.56 Å². The van der Waals surface area contributed by atoms with Crippen molar-refractivity contribution in [3.63, 3.8) is 0 Å². The molecule has 1 aromatic heterocycles. The van der Waals surface area contributed by atoms with Crippen molar-refractivity contribution in [1.82, 2.24) is 9.55 Å². The van der Waals surface area contributed by atoms with Crippen LogP contribution in [0, 0.1) is 0 Å². The average molecular weight is 361 g/mol. The first-order valence-corrected chi connectivity index (χ1v) is 7.35. The van der Waals surface area contributed by atoms with E-state index in [0.717, 1.165) is 0 Å². The van der Waals surface area contributed by atoms with Crippen molar-refractivity contribution in [1.29, 1.82) is 0 Å². The molecule has 0 spiro atoms. The van der Waals surface area contributed by atoms with Gasteiger partial charge in [0.2, 0.25) is 5.88 Å². The number of nitrogens with one attached hydrogen (secondary N) is 1. The normalized spacial score (nSPS) is 35.8. The third kappa shape index (κ3) is 1.84. The highest BCUT2D eigenvalue weighted by atomic mass is 79.9. The Hall–Kier alpha value is -1.16. The summed E-state index contributed by atoms with van der Waals surface area (Å²) in [6.07, 6.45) is -1.79. The second-order valence-corrected chi connectivity index (χ2v) is 6.48. The predicted octanol–water partition coefficient (Wildman–Crippen LogP) is 0.109. The average Bonchev–Trinajstić information content (AvgIpc) is 2.78. The first-order chi connectivity index (χ1) is 9.87. The standard InChI is InChI=1S/C12H13BrN2O6/c1-12(2)20-6-4-3-18-9-5(13)8(16)14-11(17)15(9)10(19-4)7(6)21-12/h4,6-7,10H,3H2,1-2H3,(H,14,16,17)/t4-,6-,7-,10-/m1/s1. The molecule has 4 rings (SSSR count). The van der Waals surface area contributed by atoms with Crippen LogP contribution in [-0.2, 0) is 14.2 Å². The molecule has 0 amide bonds. The van der Waals surface area contributed by atoms with Gasteiger partial charge < -0.3 is 18.9 Å². The fourth-order valence-corrected chi connectivity index (χ4v) is 3.44. The molecule has 21 heavy (non-hydrogen) atoms. The minimum Gasteiger partial charge on any atom is -0.475 e. The predicted molar refractivity (Wildman–Crippen MR) is 72.3 cm³/mol.